The van der Waals surface area contributed by atoms with E-state index in [1.54, 1.807) is 24.7 Å². The van der Waals surface area contributed by atoms with Crippen molar-refractivity contribution in [3.8, 4) is 0 Å². The van der Waals surface area contributed by atoms with E-state index in [-0.39, 0.29) is 5.28 Å². The van der Waals surface area contributed by atoms with Crippen molar-refractivity contribution in [3.63, 3.8) is 0 Å². The van der Waals surface area contributed by atoms with E-state index in [9.17, 15) is 0 Å². The summed E-state index contributed by atoms with van der Waals surface area (Å²) in [7, 11) is 0. The van der Waals surface area contributed by atoms with Gasteiger partial charge in [0.2, 0.25) is 5.28 Å². The Morgan fingerprint density at radius 3 is 2.77 bits per heavy atom. The van der Waals surface area contributed by atoms with Gasteiger partial charge in [0.25, 0.3) is 0 Å². The zero-order valence-corrected chi connectivity index (χ0v) is 14.5. The largest absolute Gasteiger partial charge is 0.397 e. The van der Waals surface area contributed by atoms with Gasteiger partial charge in [0.15, 0.2) is 5.82 Å². The van der Waals surface area contributed by atoms with E-state index >= 15 is 0 Å². The van der Waals surface area contributed by atoms with Crippen LogP contribution in [0, 0.1) is 0 Å². The van der Waals surface area contributed by atoms with Gasteiger partial charge in [-0.1, -0.05) is 0 Å². The highest BCUT2D eigenvalue weighted by atomic mass is 79.9. The summed E-state index contributed by atoms with van der Waals surface area (Å²) in [6.07, 6.45) is 6.78. The van der Waals surface area contributed by atoms with Crippen molar-refractivity contribution in [2.45, 2.75) is 0 Å². The Kier molecular flexibility index (Phi) is 4.32. The zero-order chi connectivity index (χ0) is 15.7. The molecule has 22 heavy (non-hydrogen) atoms. The Morgan fingerprint density at radius 2 is 2.00 bits per heavy atom. The normalized spacial score (nSPS) is 10.9. The van der Waals surface area contributed by atoms with Gasteiger partial charge >= 0.3 is 0 Å². The summed E-state index contributed by atoms with van der Waals surface area (Å²) in [5.41, 5.74) is 8.91. The number of hydrogen-bond acceptors (Lipinski definition) is 7. The van der Waals surface area contributed by atoms with Crippen LogP contribution in [0.1, 0.15) is 0 Å². The van der Waals surface area contributed by atoms with Crippen molar-refractivity contribution in [2.24, 2.45) is 0 Å². The number of hydrogen-bond donors (Lipinski definition) is 1. The highest BCUT2D eigenvalue weighted by Gasteiger charge is 2.20. The van der Waals surface area contributed by atoms with Crippen LogP contribution in [-0.2, 0) is 0 Å². The second kappa shape index (κ2) is 6.23. The number of rotatable bonds is 3. The molecule has 112 valence electrons. The van der Waals surface area contributed by atoms with E-state index in [0.29, 0.717) is 27.2 Å². The molecule has 0 spiro atoms. The van der Waals surface area contributed by atoms with E-state index in [1.807, 2.05) is 16.6 Å². The maximum Gasteiger partial charge on any atom is 0.224 e. The Hall–Kier alpha value is -1.64. The number of benzene rings is 1. The summed E-state index contributed by atoms with van der Waals surface area (Å²) >= 11 is 10.8. The lowest BCUT2D eigenvalue weighted by Gasteiger charge is -2.23. The second-order valence-corrected chi connectivity index (χ2v) is 6.14. The molecule has 0 bridgehead atoms. The fourth-order valence-electron chi connectivity index (χ4n) is 2.01. The standard InChI is InChI=1S/C13H10BrClN6S/c1-22-21(12-7(14)6-19-13(15)20-12)11-8(16)2-3-9-10(11)18-5-4-17-9/h2-6H,16H2,1H3. The molecule has 0 amide bonds. The van der Waals surface area contributed by atoms with E-state index in [4.69, 9.17) is 17.3 Å². The monoisotopic (exact) mass is 396 g/mol. The molecule has 0 saturated carbocycles. The fourth-order valence-corrected chi connectivity index (χ4v) is 3.32. The van der Waals surface area contributed by atoms with Gasteiger partial charge in [0.1, 0.15) is 11.2 Å². The summed E-state index contributed by atoms with van der Waals surface area (Å²) in [4.78, 5) is 16.9. The van der Waals surface area contributed by atoms with Crippen LogP contribution >= 0.6 is 39.5 Å². The van der Waals surface area contributed by atoms with E-state index in [2.05, 4.69) is 35.9 Å². The molecular weight excluding hydrogens is 388 g/mol. The quantitative estimate of drug-likeness (QED) is 0.408. The van der Waals surface area contributed by atoms with Crippen LogP contribution in [0.4, 0.5) is 17.2 Å². The van der Waals surface area contributed by atoms with Gasteiger partial charge in [-0.2, -0.15) is 4.98 Å². The van der Waals surface area contributed by atoms with Gasteiger partial charge in [0, 0.05) is 24.8 Å². The Morgan fingerprint density at radius 1 is 1.23 bits per heavy atom. The molecule has 0 saturated heterocycles. The van der Waals surface area contributed by atoms with Gasteiger partial charge in [-0.3, -0.25) is 14.3 Å². The number of nitrogens with zero attached hydrogens (tertiary/aromatic N) is 5. The van der Waals surface area contributed by atoms with Crippen LogP contribution < -0.4 is 10.0 Å². The lowest BCUT2D eigenvalue weighted by atomic mass is 10.2. The second-order valence-electron chi connectivity index (χ2n) is 4.21. The van der Waals surface area contributed by atoms with Gasteiger partial charge in [0.05, 0.1) is 15.7 Å². The van der Waals surface area contributed by atoms with E-state index in [0.717, 1.165) is 5.52 Å². The molecule has 0 unspecified atom stereocenters. The third-order valence-corrected chi connectivity index (χ3v) is 4.38. The van der Waals surface area contributed by atoms with Crippen LogP contribution in [0.2, 0.25) is 5.28 Å². The summed E-state index contributed by atoms with van der Waals surface area (Å²) < 4.78 is 2.55. The number of nitrogens with two attached hydrogens (primary N) is 1. The first-order valence-electron chi connectivity index (χ1n) is 6.13. The van der Waals surface area contributed by atoms with Gasteiger partial charge in [-0.25, -0.2) is 4.98 Å². The molecule has 0 atom stereocenters. The topological polar surface area (TPSA) is 80.8 Å². The van der Waals surface area contributed by atoms with Crippen LogP contribution in [0.5, 0.6) is 0 Å². The first-order chi connectivity index (χ1) is 10.6. The van der Waals surface area contributed by atoms with Gasteiger partial charge in [-0.15, -0.1) is 0 Å². The Balaban J connectivity index is 2.27. The third kappa shape index (κ3) is 2.69. The lowest BCUT2D eigenvalue weighted by molar-refractivity contribution is 1.13. The van der Waals surface area contributed by atoms with Crippen molar-refractivity contribution >= 4 is 67.7 Å². The number of anilines is 3. The van der Waals surface area contributed by atoms with Crippen molar-refractivity contribution < 1.29 is 0 Å². The van der Waals surface area contributed by atoms with Crippen molar-refractivity contribution in [1.82, 2.24) is 19.9 Å². The van der Waals surface area contributed by atoms with Gasteiger partial charge in [-0.05, 0) is 51.6 Å². The molecule has 3 rings (SSSR count). The zero-order valence-electron chi connectivity index (χ0n) is 11.4. The molecule has 0 aliphatic rings. The molecule has 9 heteroatoms. The number of nitrogen functional groups attached to an aromatic ring is 1. The molecule has 0 radical (unpaired) electrons. The summed E-state index contributed by atoms with van der Waals surface area (Å²) in [5.74, 6) is 0.595. The van der Waals surface area contributed by atoms with Gasteiger partial charge < -0.3 is 5.73 Å². The Labute approximate surface area is 144 Å². The van der Waals surface area contributed by atoms with Crippen LogP contribution in [-0.4, -0.2) is 26.2 Å². The summed E-state index contributed by atoms with van der Waals surface area (Å²) in [6, 6.07) is 3.63. The van der Waals surface area contributed by atoms with E-state index in [1.165, 1.54) is 11.9 Å². The molecule has 6 nitrogen and oxygen atoms in total. The minimum absolute atomic E-state index is 0.155. The highest BCUT2D eigenvalue weighted by Crippen LogP contribution is 2.41. The molecule has 3 aromatic rings. The molecule has 0 fully saturated rings. The molecular formula is C13H10BrClN6S. The first kappa shape index (κ1) is 15.3. The minimum atomic E-state index is 0.155. The van der Waals surface area contributed by atoms with Crippen LogP contribution in [0.3, 0.4) is 0 Å². The van der Waals surface area contributed by atoms with Crippen molar-refractivity contribution in [2.75, 3.05) is 16.3 Å². The third-order valence-electron chi connectivity index (χ3n) is 2.92. The minimum Gasteiger partial charge on any atom is -0.397 e. The maximum absolute atomic E-state index is 6.17. The maximum atomic E-state index is 6.17. The molecule has 2 N–H and O–H groups in total. The lowest BCUT2D eigenvalue weighted by Crippen LogP contribution is -2.12. The predicted octanol–water partition coefficient (Wildman–Crippen LogP) is 3.83. The number of fused-ring (bicyclic) bond motifs is 1. The molecule has 0 aliphatic heterocycles. The van der Waals surface area contributed by atoms with Crippen LogP contribution in [0.15, 0.2) is 35.2 Å². The summed E-state index contributed by atoms with van der Waals surface area (Å²) in [5, 5.41) is 0.155. The Bertz CT molecular complexity index is 846. The SMILES string of the molecule is CSN(c1nc(Cl)ncc1Br)c1c(N)ccc2nccnc12. The molecule has 0 aliphatic carbocycles. The molecule has 1 aromatic carbocycles. The number of halogens is 2. The molecule has 2 aromatic heterocycles. The van der Waals surface area contributed by atoms with Crippen molar-refractivity contribution in [3.05, 3.63) is 40.5 Å². The first-order valence-corrected chi connectivity index (χ1v) is 8.48. The fraction of sp³-hybridized carbons (Fsp3) is 0.0769. The number of aromatic nitrogens is 4. The van der Waals surface area contributed by atoms with E-state index < -0.39 is 0 Å². The average Bonchev–Trinajstić information content (AvgIpc) is 2.53. The van der Waals surface area contributed by atoms with Crippen LogP contribution in [0.25, 0.3) is 11.0 Å². The highest BCUT2D eigenvalue weighted by molar-refractivity contribution is 9.10. The summed E-state index contributed by atoms with van der Waals surface area (Å²) in [6.45, 7) is 0. The average molecular weight is 398 g/mol. The molecule has 2 heterocycles. The van der Waals surface area contributed by atoms with Crippen molar-refractivity contribution in [1.29, 1.82) is 0 Å². The smallest absolute Gasteiger partial charge is 0.224 e. The predicted molar refractivity (Wildman–Crippen MR) is 94.3 cm³/mol.